The van der Waals surface area contributed by atoms with Crippen molar-refractivity contribution in [3.05, 3.63) is 41.4 Å². The van der Waals surface area contributed by atoms with Crippen molar-refractivity contribution in [2.24, 2.45) is 0 Å². The molecule has 1 N–H and O–H groups in total. The number of benzene rings is 1. The third kappa shape index (κ3) is 2.55. The molecular formula is C12H11FN2O2. The zero-order valence-electron chi connectivity index (χ0n) is 9.24. The molecule has 88 valence electrons. The molecule has 1 atom stereocenters. The first-order chi connectivity index (χ1) is 8.20. The molecule has 0 saturated heterocycles. The standard InChI is InChI=1S/C12H11FN2O2/c1-8-5-9(17-15-8)7-16-12-4-2-3-11(13)10(12)6-14/h2-5,9,15H,7H2,1H3. The summed E-state index contributed by atoms with van der Waals surface area (Å²) in [6.07, 6.45) is 1.62. The van der Waals surface area contributed by atoms with Crippen LogP contribution in [0, 0.1) is 17.1 Å². The van der Waals surface area contributed by atoms with Gasteiger partial charge in [-0.1, -0.05) is 6.07 Å². The van der Waals surface area contributed by atoms with Gasteiger partial charge in [-0.05, 0) is 25.1 Å². The summed E-state index contributed by atoms with van der Waals surface area (Å²) in [6, 6.07) is 6.06. The molecule has 1 aromatic rings. The van der Waals surface area contributed by atoms with Gasteiger partial charge in [0.2, 0.25) is 0 Å². The van der Waals surface area contributed by atoms with E-state index < -0.39 is 5.82 Å². The van der Waals surface area contributed by atoms with Gasteiger partial charge in [0, 0.05) is 5.70 Å². The largest absolute Gasteiger partial charge is 0.489 e. The van der Waals surface area contributed by atoms with Crippen LogP contribution in [-0.4, -0.2) is 12.7 Å². The molecule has 1 aliphatic heterocycles. The van der Waals surface area contributed by atoms with Gasteiger partial charge in [0.1, 0.15) is 35.9 Å². The van der Waals surface area contributed by atoms with Crippen LogP contribution in [0.4, 0.5) is 4.39 Å². The van der Waals surface area contributed by atoms with Crippen molar-refractivity contribution in [2.45, 2.75) is 13.0 Å². The third-order valence-corrected chi connectivity index (χ3v) is 2.30. The van der Waals surface area contributed by atoms with Crippen molar-refractivity contribution in [3.8, 4) is 11.8 Å². The van der Waals surface area contributed by atoms with E-state index in [0.29, 0.717) is 0 Å². The van der Waals surface area contributed by atoms with Crippen LogP contribution in [-0.2, 0) is 4.84 Å². The highest BCUT2D eigenvalue weighted by Crippen LogP contribution is 2.21. The highest BCUT2D eigenvalue weighted by Gasteiger charge is 2.16. The maximum absolute atomic E-state index is 13.3. The fraction of sp³-hybridized carbons (Fsp3) is 0.250. The van der Waals surface area contributed by atoms with Crippen molar-refractivity contribution in [2.75, 3.05) is 6.61 Å². The molecule has 0 radical (unpaired) electrons. The number of hydrogen-bond donors (Lipinski definition) is 1. The first kappa shape index (κ1) is 11.4. The number of nitrogens with one attached hydrogen (secondary N) is 1. The Morgan fingerprint density at radius 3 is 3.06 bits per heavy atom. The van der Waals surface area contributed by atoms with E-state index in [1.165, 1.54) is 12.1 Å². The lowest BCUT2D eigenvalue weighted by Gasteiger charge is -2.11. The van der Waals surface area contributed by atoms with Crippen molar-refractivity contribution >= 4 is 0 Å². The van der Waals surface area contributed by atoms with Crippen LogP contribution in [0.1, 0.15) is 12.5 Å². The summed E-state index contributed by atoms with van der Waals surface area (Å²) in [5.74, 6) is -0.351. The quantitative estimate of drug-likeness (QED) is 0.867. The minimum absolute atomic E-state index is 0.0841. The zero-order chi connectivity index (χ0) is 12.3. The summed E-state index contributed by atoms with van der Waals surface area (Å²) < 4.78 is 18.6. The van der Waals surface area contributed by atoms with Crippen LogP contribution in [0.5, 0.6) is 5.75 Å². The molecule has 0 fully saturated rings. The van der Waals surface area contributed by atoms with Gasteiger partial charge < -0.3 is 4.74 Å². The highest BCUT2D eigenvalue weighted by atomic mass is 19.1. The summed E-state index contributed by atoms with van der Waals surface area (Å²) >= 11 is 0. The molecule has 4 nitrogen and oxygen atoms in total. The molecule has 2 rings (SSSR count). The van der Waals surface area contributed by atoms with E-state index in [0.717, 1.165) is 5.70 Å². The van der Waals surface area contributed by atoms with Crippen molar-refractivity contribution in [1.29, 1.82) is 5.26 Å². The van der Waals surface area contributed by atoms with Gasteiger partial charge >= 0.3 is 0 Å². The molecule has 0 saturated carbocycles. The number of allylic oxidation sites excluding steroid dienone is 1. The molecule has 5 heteroatoms. The molecule has 0 aliphatic carbocycles. The highest BCUT2D eigenvalue weighted by molar-refractivity contribution is 5.43. The van der Waals surface area contributed by atoms with Crippen molar-refractivity contribution < 1.29 is 14.0 Å². The van der Waals surface area contributed by atoms with Crippen LogP contribution in [0.25, 0.3) is 0 Å². The third-order valence-electron chi connectivity index (χ3n) is 2.30. The van der Waals surface area contributed by atoms with E-state index in [2.05, 4.69) is 5.48 Å². The topological polar surface area (TPSA) is 54.3 Å². The lowest BCUT2D eigenvalue weighted by atomic mass is 10.2. The number of hydroxylamine groups is 1. The summed E-state index contributed by atoms with van der Waals surface area (Å²) in [5.41, 5.74) is 3.50. The maximum atomic E-state index is 13.3. The summed E-state index contributed by atoms with van der Waals surface area (Å²) in [6.45, 7) is 2.09. The Bertz CT molecular complexity index is 494. The molecule has 17 heavy (non-hydrogen) atoms. The lowest BCUT2D eigenvalue weighted by Crippen LogP contribution is -2.19. The number of halogens is 1. The summed E-state index contributed by atoms with van der Waals surface area (Å²) in [5, 5.41) is 8.81. The molecule has 0 aromatic heterocycles. The molecule has 1 unspecified atom stereocenters. The van der Waals surface area contributed by atoms with E-state index in [9.17, 15) is 4.39 Å². The zero-order valence-corrected chi connectivity index (χ0v) is 9.24. The fourth-order valence-electron chi connectivity index (χ4n) is 1.50. The number of hydrogen-bond acceptors (Lipinski definition) is 4. The van der Waals surface area contributed by atoms with E-state index >= 15 is 0 Å². The predicted octanol–water partition coefficient (Wildman–Crippen LogP) is 1.88. The summed E-state index contributed by atoms with van der Waals surface area (Å²) in [4.78, 5) is 5.15. The van der Waals surface area contributed by atoms with Crippen LogP contribution in [0.15, 0.2) is 30.0 Å². The van der Waals surface area contributed by atoms with Crippen LogP contribution in [0.2, 0.25) is 0 Å². The van der Waals surface area contributed by atoms with E-state index in [-0.39, 0.29) is 24.0 Å². The number of nitriles is 1. The molecule has 0 bridgehead atoms. The van der Waals surface area contributed by atoms with E-state index in [1.807, 2.05) is 13.0 Å². The number of rotatable bonds is 3. The SMILES string of the molecule is CC1=CC(COc2cccc(F)c2C#N)ON1. The fourth-order valence-corrected chi connectivity index (χ4v) is 1.50. The Hall–Kier alpha value is -2.06. The van der Waals surface area contributed by atoms with Gasteiger partial charge in [0.05, 0.1) is 0 Å². The first-order valence-corrected chi connectivity index (χ1v) is 5.12. The van der Waals surface area contributed by atoms with Gasteiger partial charge in [0.15, 0.2) is 0 Å². The van der Waals surface area contributed by atoms with Gasteiger partial charge in [0.25, 0.3) is 0 Å². The van der Waals surface area contributed by atoms with Gasteiger partial charge in [-0.3, -0.25) is 10.3 Å². The van der Waals surface area contributed by atoms with Crippen LogP contribution < -0.4 is 10.2 Å². The Morgan fingerprint density at radius 2 is 2.41 bits per heavy atom. The molecule has 1 heterocycles. The van der Waals surface area contributed by atoms with Crippen molar-refractivity contribution in [3.63, 3.8) is 0 Å². The van der Waals surface area contributed by atoms with Crippen molar-refractivity contribution in [1.82, 2.24) is 5.48 Å². The molecule has 1 aliphatic rings. The maximum Gasteiger partial charge on any atom is 0.144 e. The smallest absolute Gasteiger partial charge is 0.144 e. The minimum atomic E-state index is -0.581. The second-order valence-electron chi connectivity index (χ2n) is 3.64. The number of nitrogens with zero attached hydrogens (tertiary/aromatic N) is 1. The van der Waals surface area contributed by atoms with Gasteiger partial charge in [-0.2, -0.15) is 5.26 Å². The average Bonchev–Trinajstić information content (AvgIpc) is 2.72. The molecule has 0 amide bonds. The van der Waals surface area contributed by atoms with E-state index in [1.54, 1.807) is 12.1 Å². The van der Waals surface area contributed by atoms with Crippen LogP contribution >= 0.6 is 0 Å². The Balaban J connectivity index is 2.05. The van der Waals surface area contributed by atoms with E-state index in [4.69, 9.17) is 14.8 Å². The lowest BCUT2D eigenvalue weighted by molar-refractivity contribution is 0.0165. The minimum Gasteiger partial charge on any atom is -0.489 e. The first-order valence-electron chi connectivity index (χ1n) is 5.12. The number of ether oxygens (including phenoxy) is 1. The Labute approximate surface area is 98.2 Å². The normalized spacial score (nSPS) is 18.2. The van der Waals surface area contributed by atoms with Gasteiger partial charge in [-0.15, -0.1) is 0 Å². The Kier molecular flexibility index (Phi) is 3.26. The molecule has 1 aromatic carbocycles. The Morgan fingerprint density at radius 1 is 1.59 bits per heavy atom. The second kappa shape index (κ2) is 4.85. The van der Waals surface area contributed by atoms with Crippen LogP contribution in [0.3, 0.4) is 0 Å². The molecular weight excluding hydrogens is 223 g/mol. The summed E-state index contributed by atoms with van der Waals surface area (Å²) in [7, 11) is 0. The predicted molar refractivity (Wildman–Crippen MR) is 58.4 cm³/mol. The average molecular weight is 234 g/mol. The monoisotopic (exact) mass is 234 g/mol. The van der Waals surface area contributed by atoms with Gasteiger partial charge in [-0.25, -0.2) is 4.39 Å². The molecule has 0 spiro atoms. The second-order valence-corrected chi connectivity index (χ2v) is 3.64.